The van der Waals surface area contributed by atoms with Crippen molar-refractivity contribution in [3.8, 4) is 0 Å². The third-order valence-corrected chi connectivity index (χ3v) is 3.68. The topological polar surface area (TPSA) is 55.1 Å². The lowest BCUT2D eigenvalue weighted by molar-refractivity contribution is -0.123. The smallest absolute Gasteiger partial charge is 0.241 e. The van der Waals surface area contributed by atoms with Crippen molar-refractivity contribution in [1.82, 2.24) is 5.32 Å². The molecular formula is C17H19ClN2O. The Morgan fingerprint density at radius 2 is 1.76 bits per heavy atom. The third kappa shape index (κ3) is 4.31. The molecule has 3 N–H and O–H groups in total. The maximum absolute atomic E-state index is 12.2. The van der Waals surface area contributed by atoms with Crippen LogP contribution in [0.25, 0.3) is 0 Å². The summed E-state index contributed by atoms with van der Waals surface area (Å²) in [6, 6.07) is 16.3. The molecule has 2 rings (SSSR count). The summed E-state index contributed by atoms with van der Waals surface area (Å²) in [5.41, 5.74) is 7.79. The SMILES string of the molecule is CC(Cc1ccccc1Cl)NC(=O)[C@@H](N)c1ccccc1. The van der Waals surface area contributed by atoms with E-state index in [-0.39, 0.29) is 11.9 Å². The van der Waals surface area contributed by atoms with Crippen molar-refractivity contribution >= 4 is 17.5 Å². The number of carbonyl (C=O) groups excluding carboxylic acids is 1. The predicted octanol–water partition coefficient (Wildman–Crippen LogP) is 3.09. The van der Waals surface area contributed by atoms with Gasteiger partial charge in [0.25, 0.3) is 0 Å². The first-order valence-corrected chi connectivity index (χ1v) is 7.30. The molecule has 1 amide bonds. The van der Waals surface area contributed by atoms with Crippen LogP contribution in [0.5, 0.6) is 0 Å². The number of nitrogens with one attached hydrogen (secondary N) is 1. The van der Waals surface area contributed by atoms with E-state index in [2.05, 4.69) is 5.32 Å². The molecule has 1 unspecified atom stereocenters. The highest BCUT2D eigenvalue weighted by molar-refractivity contribution is 6.31. The lowest BCUT2D eigenvalue weighted by atomic mass is 10.0. The van der Waals surface area contributed by atoms with Gasteiger partial charge in [-0.3, -0.25) is 4.79 Å². The number of rotatable bonds is 5. The average molecular weight is 303 g/mol. The Morgan fingerprint density at radius 1 is 1.14 bits per heavy atom. The normalized spacial score (nSPS) is 13.5. The Labute approximate surface area is 130 Å². The highest BCUT2D eigenvalue weighted by Crippen LogP contribution is 2.17. The number of carbonyl (C=O) groups is 1. The fraction of sp³-hybridized carbons (Fsp3) is 0.235. The summed E-state index contributed by atoms with van der Waals surface area (Å²) >= 11 is 6.13. The van der Waals surface area contributed by atoms with Gasteiger partial charge < -0.3 is 11.1 Å². The molecule has 0 saturated carbocycles. The second-order valence-corrected chi connectivity index (χ2v) is 5.50. The lowest BCUT2D eigenvalue weighted by Gasteiger charge is -2.18. The zero-order valence-corrected chi connectivity index (χ0v) is 12.7. The lowest BCUT2D eigenvalue weighted by Crippen LogP contribution is -2.40. The Hall–Kier alpha value is -1.84. The molecule has 2 atom stereocenters. The van der Waals surface area contributed by atoms with Crippen molar-refractivity contribution in [3.05, 3.63) is 70.7 Å². The summed E-state index contributed by atoms with van der Waals surface area (Å²) in [6.07, 6.45) is 0.674. The van der Waals surface area contributed by atoms with Crippen LogP contribution in [0.2, 0.25) is 5.02 Å². The van der Waals surface area contributed by atoms with Gasteiger partial charge in [-0.15, -0.1) is 0 Å². The second-order valence-electron chi connectivity index (χ2n) is 5.09. The molecule has 0 aromatic heterocycles. The number of nitrogens with two attached hydrogens (primary N) is 1. The molecule has 110 valence electrons. The second kappa shape index (κ2) is 7.25. The van der Waals surface area contributed by atoms with Gasteiger partial charge in [0.15, 0.2) is 0 Å². The molecule has 0 spiro atoms. The van der Waals surface area contributed by atoms with Crippen LogP contribution in [-0.2, 0) is 11.2 Å². The van der Waals surface area contributed by atoms with E-state index in [1.54, 1.807) is 0 Å². The van der Waals surface area contributed by atoms with Crippen LogP contribution < -0.4 is 11.1 Å². The fourth-order valence-electron chi connectivity index (χ4n) is 2.19. The van der Waals surface area contributed by atoms with Gasteiger partial charge in [-0.05, 0) is 30.5 Å². The summed E-state index contributed by atoms with van der Waals surface area (Å²) in [5, 5.41) is 3.65. The van der Waals surface area contributed by atoms with Crippen LogP contribution in [-0.4, -0.2) is 11.9 Å². The van der Waals surface area contributed by atoms with E-state index in [4.69, 9.17) is 17.3 Å². The van der Waals surface area contributed by atoms with Crippen LogP contribution in [0.1, 0.15) is 24.1 Å². The average Bonchev–Trinajstić information content (AvgIpc) is 2.49. The molecule has 4 heteroatoms. The molecule has 0 heterocycles. The van der Waals surface area contributed by atoms with E-state index in [0.717, 1.165) is 11.1 Å². The first-order valence-electron chi connectivity index (χ1n) is 6.92. The van der Waals surface area contributed by atoms with Crippen molar-refractivity contribution in [2.45, 2.75) is 25.4 Å². The van der Waals surface area contributed by atoms with E-state index in [9.17, 15) is 4.79 Å². The van der Waals surface area contributed by atoms with Crippen molar-refractivity contribution in [3.63, 3.8) is 0 Å². The summed E-state index contributed by atoms with van der Waals surface area (Å²) in [6.45, 7) is 1.94. The molecule has 0 aliphatic carbocycles. The Morgan fingerprint density at radius 3 is 2.43 bits per heavy atom. The van der Waals surface area contributed by atoms with Gasteiger partial charge in [0, 0.05) is 11.1 Å². The van der Waals surface area contributed by atoms with Gasteiger partial charge in [-0.1, -0.05) is 60.1 Å². The molecule has 0 saturated heterocycles. The maximum atomic E-state index is 12.2. The number of hydrogen-bond acceptors (Lipinski definition) is 2. The van der Waals surface area contributed by atoms with Crippen LogP contribution in [0, 0.1) is 0 Å². The summed E-state index contributed by atoms with van der Waals surface area (Å²) in [5.74, 6) is -0.180. The molecule has 0 bridgehead atoms. The number of hydrogen-bond donors (Lipinski definition) is 2. The summed E-state index contributed by atoms with van der Waals surface area (Å²) in [4.78, 5) is 12.2. The minimum atomic E-state index is -0.653. The van der Waals surface area contributed by atoms with Gasteiger partial charge >= 0.3 is 0 Å². The maximum Gasteiger partial charge on any atom is 0.241 e. The standard InChI is InChI=1S/C17H19ClN2O/c1-12(11-14-9-5-6-10-15(14)18)20-17(21)16(19)13-7-3-2-4-8-13/h2-10,12,16H,11,19H2,1H3,(H,20,21)/t12?,16-/m0/s1. The first kappa shape index (κ1) is 15.5. The van der Waals surface area contributed by atoms with Gasteiger partial charge in [-0.25, -0.2) is 0 Å². The molecule has 0 aliphatic rings. The molecule has 21 heavy (non-hydrogen) atoms. The van der Waals surface area contributed by atoms with E-state index in [0.29, 0.717) is 11.4 Å². The fourth-order valence-corrected chi connectivity index (χ4v) is 2.40. The summed E-state index contributed by atoms with van der Waals surface area (Å²) in [7, 11) is 0. The van der Waals surface area contributed by atoms with Crippen molar-refractivity contribution in [2.75, 3.05) is 0 Å². The highest BCUT2D eigenvalue weighted by Gasteiger charge is 2.17. The predicted molar refractivity (Wildman–Crippen MR) is 86.1 cm³/mol. The number of halogens is 1. The first-order chi connectivity index (χ1) is 10.1. The van der Waals surface area contributed by atoms with Gasteiger partial charge in [0.05, 0.1) is 0 Å². The third-order valence-electron chi connectivity index (χ3n) is 3.31. The summed E-state index contributed by atoms with van der Waals surface area (Å²) < 4.78 is 0. The van der Waals surface area contributed by atoms with Crippen LogP contribution in [0.4, 0.5) is 0 Å². The minimum absolute atomic E-state index is 0.0350. The zero-order valence-electron chi connectivity index (χ0n) is 11.9. The quantitative estimate of drug-likeness (QED) is 0.892. The van der Waals surface area contributed by atoms with Crippen molar-refractivity contribution < 1.29 is 4.79 Å². The molecule has 2 aromatic carbocycles. The van der Waals surface area contributed by atoms with Crippen LogP contribution >= 0.6 is 11.6 Å². The van der Waals surface area contributed by atoms with E-state index in [1.807, 2.05) is 61.5 Å². The van der Waals surface area contributed by atoms with E-state index < -0.39 is 6.04 Å². The zero-order chi connectivity index (χ0) is 15.2. The Balaban J connectivity index is 1.95. The van der Waals surface area contributed by atoms with E-state index >= 15 is 0 Å². The van der Waals surface area contributed by atoms with Crippen molar-refractivity contribution in [2.24, 2.45) is 5.73 Å². The highest BCUT2D eigenvalue weighted by atomic mass is 35.5. The Kier molecular flexibility index (Phi) is 5.37. The number of amides is 1. The molecular weight excluding hydrogens is 284 g/mol. The monoisotopic (exact) mass is 302 g/mol. The minimum Gasteiger partial charge on any atom is -0.352 e. The molecule has 2 aromatic rings. The van der Waals surface area contributed by atoms with Crippen LogP contribution in [0.3, 0.4) is 0 Å². The Bertz CT molecular complexity index is 601. The molecule has 0 fully saturated rings. The number of benzene rings is 2. The molecule has 0 aliphatic heterocycles. The van der Waals surface area contributed by atoms with Gasteiger partial charge in [0.2, 0.25) is 5.91 Å². The van der Waals surface area contributed by atoms with Gasteiger partial charge in [0.1, 0.15) is 6.04 Å². The van der Waals surface area contributed by atoms with E-state index in [1.165, 1.54) is 0 Å². The molecule has 0 radical (unpaired) electrons. The largest absolute Gasteiger partial charge is 0.352 e. The van der Waals surface area contributed by atoms with Crippen molar-refractivity contribution in [1.29, 1.82) is 0 Å². The van der Waals surface area contributed by atoms with Gasteiger partial charge in [-0.2, -0.15) is 0 Å². The molecule has 3 nitrogen and oxygen atoms in total. The van der Waals surface area contributed by atoms with Crippen LogP contribution in [0.15, 0.2) is 54.6 Å².